The lowest BCUT2D eigenvalue weighted by Crippen LogP contribution is -2.43. The second-order valence-electron chi connectivity index (χ2n) is 3.73. The molecule has 1 aromatic rings. The highest BCUT2D eigenvalue weighted by atomic mass is 35.5. The van der Waals surface area contributed by atoms with E-state index in [0.29, 0.717) is 0 Å². The summed E-state index contributed by atoms with van der Waals surface area (Å²) in [6, 6.07) is 4.73. The molecule has 0 saturated carbocycles. The van der Waals surface area contributed by atoms with E-state index >= 15 is 0 Å². The lowest BCUT2D eigenvalue weighted by Gasteiger charge is -2.20. The number of rotatable bonds is 1. The Morgan fingerprint density at radius 3 is 2.28 bits per heavy atom. The van der Waals surface area contributed by atoms with Crippen molar-refractivity contribution in [1.29, 1.82) is 0 Å². The standard InChI is InChI=1S/C9H10Cl2N4O2S/c1-14(2)9-12-15(18(16,17)13-9)8-6(10)4-3-5-7(8)11/h3-5H,1-2H3,(H,12,13). The highest BCUT2D eigenvalue weighted by Crippen LogP contribution is 2.35. The molecule has 0 unspecified atom stereocenters. The van der Waals surface area contributed by atoms with Gasteiger partial charge >= 0.3 is 10.2 Å². The minimum atomic E-state index is -3.88. The third kappa shape index (κ3) is 2.21. The van der Waals surface area contributed by atoms with Crippen LogP contribution in [0.25, 0.3) is 0 Å². The first kappa shape index (κ1) is 13.3. The Morgan fingerprint density at radius 2 is 1.83 bits per heavy atom. The predicted molar refractivity (Wildman–Crippen MR) is 72.1 cm³/mol. The average Bonchev–Trinajstić information content (AvgIpc) is 2.55. The Balaban J connectivity index is 2.50. The number of nitrogens with one attached hydrogen (secondary N) is 1. The number of guanidine groups is 1. The van der Waals surface area contributed by atoms with E-state index in [2.05, 4.69) is 9.82 Å². The van der Waals surface area contributed by atoms with Crippen molar-refractivity contribution in [3.05, 3.63) is 28.2 Å². The number of hydrazine groups is 1. The van der Waals surface area contributed by atoms with Crippen LogP contribution in [0.5, 0.6) is 0 Å². The van der Waals surface area contributed by atoms with Gasteiger partial charge in [-0.15, -0.1) is 4.40 Å². The van der Waals surface area contributed by atoms with Gasteiger partial charge < -0.3 is 4.90 Å². The number of benzene rings is 1. The van der Waals surface area contributed by atoms with E-state index in [1.807, 2.05) is 0 Å². The van der Waals surface area contributed by atoms with Gasteiger partial charge in [0.1, 0.15) is 5.69 Å². The molecule has 6 nitrogen and oxygen atoms in total. The van der Waals surface area contributed by atoms with Gasteiger partial charge in [-0.2, -0.15) is 12.8 Å². The van der Waals surface area contributed by atoms with Crippen LogP contribution in [0.1, 0.15) is 0 Å². The molecule has 0 saturated heterocycles. The maximum absolute atomic E-state index is 11.9. The minimum absolute atomic E-state index is 0.154. The van der Waals surface area contributed by atoms with E-state index in [-0.39, 0.29) is 21.7 Å². The number of para-hydroxylation sites is 1. The second-order valence-corrected chi connectivity index (χ2v) is 5.99. The zero-order chi connectivity index (χ0) is 13.5. The summed E-state index contributed by atoms with van der Waals surface area (Å²) in [6.07, 6.45) is 0. The Hall–Kier alpha value is -1.18. The summed E-state index contributed by atoms with van der Waals surface area (Å²) in [7, 11) is -0.548. The van der Waals surface area contributed by atoms with E-state index in [4.69, 9.17) is 23.2 Å². The molecule has 0 amide bonds. The van der Waals surface area contributed by atoms with Crippen LogP contribution in [-0.2, 0) is 10.2 Å². The fourth-order valence-corrected chi connectivity index (χ4v) is 3.15. The van der Waals surface area contributed by atoms with Gasteiger partial charge in [-0.25, -0.2) is 0 Å². The molecule has 0 bridgehead atoms. The molecule has 1 aliphatic heterocycles. The van der Waals surface area contributed by atoms with Crippen molar-refractivity contribution in [1.82, 2.24) is 10.3 Å². The van der Waals surface area contributed by atoms with Gasteiger partial charge in [0.05, 0.1) is 10.0 Å². The summed E-state index contributed by atoms with van der Waals surface area (Å²) in [6.45, 7) is 0. The number of halogens is 2. The molecule has 2 rings (SSSR count). The van der Waals surface area contributed by atoms with Crippen LogP contribution in [0.3, 0.4) is 0 Å². The van der Waals surface area contributed by atoms with Crippen LogP contribution in [0.15, 0.2) is 22.6 Å². The van der Waals surface area contributed by atoms with Gasteiger partial charge in [0.2, 0.25) is 5.96 Å². The van der Waals surface area contributed by atoms with Crippen molar-refractivity contribution >= 4 is 45.1 Å². The van der Waals surface area contributed by atoms with Crippen molar-refractivity contribution in [3.63, 3.8) is 0 Å². The Labute approximate surface area is 115 Å². The van der Waals surface area contributed by atoms with E-state index in [9.17, 15) is 8.42 Å². The van der Waals surface area contributed by atoms with Gasteiger partial charge in [-0.3, -0.25) is 5.43 Å². The lowest BCUT2D eigenvalue weighted by molar-refractivity contribution is 0.591. The summed E-state index contributed by atoms with van der Waals surface area (Å²) in [5.41, 5.74) is 2.79. The van der Waals surface area contributed by atoms with Gasteiger partial charge in [0, 0.05) is 14.1 Å². The van der Waals surface area contributed by atoms with Gasteiger partial charge in [0.15, 0.2) is 0 Å². The van der Waals surface area contributed by atoms with E-state index in [1.165, 1.54) is 4.90 Å². The summed E-state index contributed by atoms with van der Waals surface area (Å²) in [4.78, 5) is 1.53. The molecule has 0 aliphatic carbocycles. The quantitative estimate of drug-likeness (QED) is 0.853. The molecule has 18 heavy (non-hydrogen) atoms. The predicted octanol–water partition coefficient (Wildman–Crippen LogP) is 1.48. The van der Waals surface area contributed by atoms with Gasteiger partial charge in [-0.05, 0) is 12.1 Å². The van der Waals surface area contributed by atoms with E-state index < -0.39 is 10.2 Å². The Morgan fingerprint density at radius 1 is 1.28 bits per heavy atom. The van der Waals surface area contributed by atoms with Crippen LogP contribution >= 0.6 is 23.2 Å². The molecule has 1 heterocycles. The monoisotopic (exact) mass is 308 g/mol. The maximum atomic E-state index is 11.9. The van der Waals surface area contributed by atoms with Gasteiger partial charge in [0.25, 0.3) is 0 Å². The average molecular weight is 309 g/mol. The van der Waals surface area contributed by atoms with Gasteiger partial charge in [-0.1, -0.05) is 29.3 Å². The first-order valence-corrected chi connectivity index (χ1v) is 7.01. The highest BCUT2D eigenvalue weighted by Gasteiger charge is 2.34. The van der Waals surface area contributed by atoms with E-state index in [1.54, 1.807) is 32.3 Å². The maximum Gasteiger partial charge on any atom is 0.365 e. The van der Waals surface area contributed by atoms with E-state index in [0.717, 1.165) is 4.41 Å². The largest absolute Gasteiger partial charge is 0.365 e. The molecule has 1 aromatic carbocycles. The first-order valence-electron chi connectivity index (χ1n) is 4.86. The fraction of sp³-hybridized carbons (Fsp3) is 0.222. The normalized spacial score (nSPS) is 17.3. The molecule has 0 radical (unpaired) electrons. The van der Waals surface area contributed by atoms with Crippen molar-refractivity contribution in [2.75, 3.05) is 18.5 Å². The summed E-state index contributed by atoms with van der Waals surface area (Å²) in [5.74, 6) is 0.186. The lowest BCUT2D eigenvalue weighted by atomic mass is 10.3. The summed E-state index contributed by atoms with van der Waals surface area (Å²) >= 11 is 11.9. The molecule has 9 heteroatoms. The molecule has 1 N–H and O–H groups in total. The van der Waals surface area contributed by atoms with Crippen LogP contribution in [-0.4, -0.2) is 33.4 Å². The number of hydrogen-bond acceptors (Lipinski definition) is 4. The third-order valence-corrected chi connectivity index (χ3v) is 3.95. The summed E-state index contributed by atoms with van der Waals surface area (Å²) in [5, 5.41) is 0.433. The smallest absolute Gasteiger partial charge is 0.347 e. The third-order valence-electron chi connectivity index (χ3n) is 2.20. The van der Waals surface area contributed by atoms with Crippen LogP contribution in [0.2, 0.25) is 10.0 Å². The Bertz CT molecular complexity index is 595. The zero-order valence-electron chi connectivity index (χ0n) is 9.55. The van der Waals surface area contributed by atoms with Crippen LogP contribution in [0, 0.1) is 0 Å². The number of anilines is 1. The van der Waals surface area contributed by atoms with Crippen molar-refractivity contribution in [2.45, 2.75) is 0 Å². The molecule has 0 fully saturated rings. The highest BCUT2D eigenvalue weighted by molar-refractivity contribution is 7.92. The van der Waals surface area contributed by atoms with Crippen molar-refractivity contribution < 1.29 is 8.42 Å². The van der Waals surface area contributed by atoms with Crippen molar-refractivity contribution in [3.8, 4) is 0 Å². The molecular formula is C9H10Cl2N4O2S. The first-order chi connectivity index (χ1) is 8.33. The van der Waals surface area contributed by atoms with Crippen molar-refractivity contribution in [2.24, 2.45) is 4.40 Å². The number of hydrogen-bond donors (Lipinski definition) is 1. The summed E-state index contributed by atoms with van der Waals surface area (Å²) < 4.78 is 28.3. The zero-order valence-corrected chi connectivity index (χ0v) is 11.9. The molecular weight excluding hydrogens is 299 g/mol. The molecule has 1 aliphatic rings. The van der Waals surface area contributed by atoms with Crippen LogP contribution in [0.4, 0.5) is 5.69 Å². The molecule has 0 spiro atoms. The van der Waals surface area contributed by atoms with Crippen LogP contribution < -0.4 is 9.84 Å². The molecule has 98 valence electrons. The Kier molecular flexibility index (Phi) is 3.31. The minimum Gasteiger partial charge on any atom is -0.347 e. The number of nitrogens with zero attached hydrogens (tertiary/aromatic N) is 3. The second kappa shape index (κ2) is 4.49. The molecule has 0 aromatic heterocycles. The molecule has 0 atom stereocenters. The topological polar surface area (TPSA) is 65.0 Å². The fourth-order valence-electron chi connectivity index (χ4n) is 1.35. The SMILES string of the molecule is CN(C)C1=NS(=O)(=O)N(c2c(Cl)cccc2Cl)N1.